The number of nitrogens with zero attached hydrogens (tertiary/aromatic N) is 2. The fraction of sp³-hybridized carbons (Fsp3) is 0.200. The lowest BCUT2D eigenvalue weighted by Crippen LogP contribution is -1.97. The molecule has 1 heterocycles. The first kappa shape index (κ1) is 13.1. The number of hydrogen-bond donors (Lipinski definition) is 1. The van der Waals surface area contributed by atoms with Gasteiger partial charge in [-0.05, 0) is 12.5 Å². The Morgan fingerprint density at radius 1 is 1.26 bits per heavy atom. The number of rotatable bonds is 5. The summed E-state index contributed by atoms with van der Waals surface area (Å²) in [4.78, 5) is 8.04. The molecular weight excluding hydrogens is 238 g/mol. The van der Waals surface area contributed by atoms with Crippen molar-refractivity contribution in [3.63, 3.8) is 0 Å². The van der Waals surface area contributed by atoms with Crippen LogP contribution >= 0.6 is 0 Å². The average molecular weight is 255 g/mol. The lowest BCUT2D eigenvalue weighted by molar-refractivity contribution is 0.279. The van der Waals surface area contributed by atoms with Crippen LogP contribution in [0.1, 0.15) is 24.6 Å². The normalized spacial score (nSPS) is 11.3. The van der Waals surface area contributed by atoms with Gasteiger partial charge in [-0.25, -0.2) is 9.97 Å². The number of nitrogens with two attached hydrogens (primary N) is 1. The lowest BCUT2D eigenvalue weighted by atomic mass is 10.1. The first-order chi connectivity index (χ1) is 9.29. The first-order valence-electron chi connectivity index (χ1n) is 6.28. The summed E-state index contributed by atoms with van der Waals surface area (Å²) in [5, 5.41) is 0. The fourth-order valence-electron chi connectivity index (χ4n) is 1.63. The zero-order chi connectivity index (χ0) is 13.5. The summed E-state index contributed by atoms with van der Waals surface area (Å²) in [5.74, 6) is 1.05. The summed E-state index contributed by atoms with van der Waals surface area (Å²) in [6.07, 6.45) is 4.47. The molecule has 0 aliphatic heterocycles. The van der Waals surface area contributed by atoms with Gasteiger partial charge in [-0.3, -0.25) is 0 Å². The molecule has 1 aromatic carbocycles. The molecular formula is C15H17N3O. The number of ether oxygens (including phenoxy) is 1. The van der Waals surface area contributed by atoms with Gasteiger partial charge < -0.3 is 10.5 Å². The van der Waals surface area contributed by atoms with E-state index in [9.17, 15) is 0 Å². The average Bonchev–Trinajstić information content (AvgIpc) is 2.44. The molecule has 4 nitrogen and oxygen atoms in total. The summed E-state index contributed by atoms with van der Waals surface area (Å²) >= 11 is 0. The maximum Gasteiger partial charge on any atom is 0.220 e. The molecule has 2 rings (SSSR count). The summed E-state index contributed by atoms with van der Waals surface area (Å²) < 4.78 is 5.78. The highest BCUT2D eigenvalue weighted by molar-refractivity contribution is 5.76. The van der Waals surface area contributed by atoms with Gasteiger partial charge in [0.1, 0.15) is 5.76 Å². The van der Waals surface area contributed by atoms with Gasteiger partial charge in [0.05, 0.1) is 12.3 Å². The van der Waals surface area contributed by atoms with Crippen LogP contribution in [0.4, 0.5) is 5.95 Å². The predicted octanol–water partition coefficient (Wildman–Crippen LogP) is 2.98. The molecule has 0 saturated heterocycles. The van der Waals surface area contributed by atoms with Crippen molar-refractivity contribution in [3.8, 4) is 0 Å². The Kier molecular flexibility index (Phi) is 4.50. The van der Waals surface area contributed by atoms with Crippen LogP contribution in [0.3, 0.4) is 0 Å². The van der Waals surface area contributed by atoms with Crippen LogP contribution in [0.2, 0.25) is 0 Å². The Hall–Kier alpha value is -2.36. The molecule has 0 spiro atoms. The molecule has 0 unspecified atom stereocenters. The monoisotopic (exact) mass is 255 g/mol. The quantitative estimate of drug-likeness (QED) is 0.834. The van der Waals surface area contributed by atoms with Crippen LogP contribution in [0.5, 0.6) is 0 Å². The highest BCUT2D eigenvalue weighted by Gasteiger charge is 2.03. The summed E-state index contributed by atoms with van der Waals surface area (Å²) in [6, 6.07) is 11.7. The van der Waals surface area contributed by atoms with Gasteiger partial charge in [0, 0.05) is 17.8 Å². The van der Waals surface area contributed by atoms with E-state index < -0.39 is 0 Å². The molecule has 0 bridgehead atoms. The minimum atomic E-state index is 0.261. The van der Waals surface area contributed by atoms with Crippen molar-refractivity contribution >= 4 is 17.8 Å². The topological polar surface area (TPSA) is 61.0 Å². The van der Waals surface area contributed by atoms with E-state index in [-0.39, 0.29) is 5.95 Å². The molecule has 1 aromatic heterocycles. The third-order valence-corrected chi connectivity index (χ3v) is 2.49. The highest BCUT2D eigenvalue weighted by Crippen LogP contribution is 2.19. The molecule has 0 atom stereocenters. The highest BCUT2D eigenvalue weighted by atomic mass is 16.5. The second kappa shape index (κ2) is 6.54. The predicted molar refractivity (Wildman–Crippen MR) is 77.0 cm³/mol. The molecule has 0 amide bonds. The van der Waals surface area contributed by atoms with Crippen molar-refractivity contribution in [1.29, 1.82) is 0 Å². The number of hydrogen-bond acceptors (Lipinski definition) is 4. The number of aromatic nitrogens is 2. The lowest BCUT2D eigenvalue weighted by Gasteiger charge is -2.10. The van der Waals surface area contributed by atoms with Gasteiger partial charge in [0.15, 0.2) is 0 Å². The minimum absolute atomic E-state index is 0.261. The van der Waals surface area contributed by atoms with E-state index in [0.29, 0.717) is 6.61 Å². The van der Waals surface area contributed by atoms with Crippen molar-refractivity contribution in [1.82, 2.24) is 9.97 Å². The Morgan fingerprint density at radius 3 is 2.74 bits per heavy atom. The number of anilines is 1. The minimum Gasteiger partial charge on any atom is -0.493 e. The Morgan fingerprint density at radius 2 is 2.05 bits per heavy atom. The summed E-state index contributed by atoms with van der Waals surface area (Å²) in [6.45, 7) is 2.74. The van der Waals surface area contributed by atoms with Gasteiger partial charge in [-0.15, -0.1) is 0 Å². The van der Waals surface area contributed by atoms with Gasteiger partial charge in [0.2, 0.25) is 5.95 Å². The van der Waals surface area contributed by atoms with Crippen LogP contribution in [0.25, 0.3) is 11.8 Å². The third kappa shape index (κ3) is 3.81. The van der Waals surface area contributed by atoms with Gasteiger partial charge >= 0.3 is 0 Å². The molecule has 4 heteroatoms. The smallest absolute Gasteiger partial charge is 0.220 e. The van der Waals surface area contributed by atoms with E-state index in [1.165, 1.54) is 0 Å². The van der Waals surface area contributed by atoms with E-state index in [0.717, 1.165) is 23.4 Å². The van der Waals surface area contributed by atoms with Crippen LogP contribution in [0.15, 0.2) is 42.6 Å². The van der Waals surface area contributed by atoms with Gasteiger partial charge in [-0.2, -0.15) is 0 Å². The standard InChI is InChI=1S/C15H17N3O/c1-2-10-19-14(12-6-4-3-5-7-12)11-13-8-9-17-15(16)18-13/h3-9,11H,2,10H2,1H3,(H2,16,17,18)/b14-11-. The first-order valence-corrected chi connectivity index (χ1v) is 6.28. The molecule has 2 N–H and O–H groups in total. The third-order valence-electron chi connectivity index (χ3n) is 2.49. The molecule has 0 aliphatic carbocycles. The molecule has 2 aromatic rings. The second-order valence-electron chi connectivity index (χ2n) is 4.06. The maximum absolute atomic E-state index is 5.78. The number of benzene rings is 1. The van der Waals surface area contributed by atoms with Crippen molar-refractivity contribution in [2.24, 2.45) is 0 Å². The van der Waals surface area contributed by atoms with Crippen molar-refractivity contribution in [2.45, 2.75) is 13.3 Å². The fourth-order valence-corrected chi connectivity index (χ4v) is 1.63. The van der Waals surface area contributed by atoms with E-state index >= 15 is 0 Å². The van der Waals surface area contributed by atoms with E-state index in [4.69, 9.17) is 10.5 Å². The Labute approximate surface area is 113 Å². The molecule has 19 heavy (non-hydrogen) atoms. The zero-order valence-corrected chi connectivity index (χ0v) is 10.9. The second-order valence-corrected chi connectivity index (χ2v) is 4.06. The summed E-state index contributed by atoms with van der Waals surface area (Å²) in [7, 11) is 0. The molecule has 0 fully saturated rings. The molecule has 0 saturated carbocycles. The van der Waals surface area contributed by atoms with Crippen LogP contribution in [0, 0.1) is 0 Å². The molecule has 0 radical (unpaired) electrons. The van der Waals surface area contributed by atoms with Crippen molar-refractivity contribution < 1.29 is 4.74 Å². The SMILES string of the molecule is CCCO/C(=C\c1ccnc(N)n1)c1ccccc1. The number of nitrogen functional groups attached to an aromatic ring is 1. The van der Waals surface area contributed by atoms with Crippen molar-refractivity contribution in [2.75, 3.05) is 12.3 Å². The molecule has 98 valence electrons. The van der Waals surface area contributed by atoms with E-state index in [2.05, 4.69) is 16.9 Å². The summed E-state index contributed by atoms with van der Waals surface area (Å²) in [5.41, 5.74) is 7.34. The molecule has 0 aliphatic rings. The maximum atomic E-state index is 5.78. The van der Waals surface area contributed by atoms with E-state index in [1.54, 1.807) is 12.3 Å². The largest absolute Gasteiger partial charge is 0.493 e. The van der Waals surface area contributed by atoms with Crippen LogP contribution in [-0.4, -0.2) is 16.6 Å². The zero-order valence-electron chi connectivity index (χ0n) is 10.9. The van der Waals surface area contributed by atoms with Crippen molar-refractivity contribution in [3.05, 3.63) is 53.9 Å². The Balaban J connectivity index is 2.32. The van der Waals surface area contributed by atoms with E-state index in [1.807, 2.05) is 36.4 Å². The van der Waals surface area contributed by atoms with Crippen LogP contribution in [-0.2, 0) is 4.74 Å². The van der Waals surface area contributed by atoms with Gasteiger partial charge in [0.25, 0.3) is 0 Å². The van der Waals surface area contributed by atoms with Gasteiger partial charge in [-0.1, -0.05) is 37.3 Å². The van der Waals surface area contributed by atoms with Crippen LogP contribution < -0.4 is 5.73 Å². The Bertz CT molecular complexity index is 552.